The number of sulfonamides is 1. The van der Waals surface area contributed by atoms with Crippen molar-refractivity contribution in [2.45, 2.75) is 56.6 Å². The number of nitrogens with zero attached hydrogens (tertiary/aromatic N) is 2. The molecule has 150 valence electrons. The molecule has 1 saturated heterocycles. The van der Waals surface area contributed by atoms with Crippen LogP contribution in [0.2, 0.25) is 0 Å². The van der Waals surface area contributed by atoms with E-state index in [9.17, 15) is 18.0 Å². The van der Waals surface area contributed by atoms with Gasteiger partial charge in [-0.05, 0) is 44.7 Å². The summed E-state index contributed by atoms with van der Waals surface area (Å²) in [5.74, 6) is -1.75. The van der Waals surface area contributed by atoms with Crippen LogP contribution in [-0.4, -0.2) is 60.3 Å². The molecule has 0 atom stereocenters. The normalized spacial score (nSPS) is 20.0. The van der Waals surface area contributed by atoms with Gasteiger partial charge in [-0.25, -0.2) is 13.2 Å². The number of rotatable bonds is 6. The van der Waals surface area contributed by atoms with Crippen molar-refractivity contribution in [3.05, 3.63) is 17.9 Å². The molecule has 0 radical (unpaired) electrons. The first-order chi connectivity index (χ1) is 12.8. The van der Waals surface area contributed by atoms with E-state index in [1.165, 1.54) is 4.31 Å². The number of hydrogen-bond donors (Lipinski definition) is 1. The fourth-order valence-electron chi connectivity index (χ4n) is 4.09. The van der Waals surface area contributed by atoms with Gasteiger partial charge < -0.3 is 14.4 Å². The molecule has 2 fully saturated rings. The molecule has 1 aliphatic heterocycles. The molecule has 0 aromatic carbocycles. The highest BCUT2D eigenvalue weighted by molar-refractivity contribution is 7.89. The van der Waals surface area contributed by atoms with Crippen molar-refractivity contribution in [1.29, 1.82) is 0 Å². The van der Waals surface area contributed by atoms with Crippen LogP contribution in [0.3, 0.4) is 0 Å². The molecule has 8 nitrogen and oxygen atoms in total. The van der Waals surface area contributed by atoms with Gasteiger partial charge in [-0.3, -0.25) is 4.79 Å². The fraction of sp³-hybridized carbons (Fsp3) is 0.667. The first kappa shape index (κ1) is 19.9. The highest BCUT2D eigenvalue weighted by Crippen LogP contribution is 2.29. The van der Waals surface area contributed by atoms with Gasteiger partial charge in [-0.15, -0.1) is 0 Å². The Labute approximate surface area is 159 Å². The summed E-state index contributed by atoms with van der Waals surface area (Å²) >= 11 is 0. The number of aromatic carboxylic acids is 1. The van der Waals surface area contributed by atoms with Crippen LogP contribution in [-0.2, 0) is 14.8 Å². The number of carboxylic acids is 1. The highest BCUT2D eigenvalue weighted by atomic mass is 32.2. The number of furan rings is 1. The molecule has 1 N–H and O–H groups in total. The summed E-state index contributed by atoms with van der Waals surface area (Å²) in [6, 6.07) is 2.61. The van der Waals surface area contributed by atoms with Crippen molar-refractivity contribution in [1.82, 2.24) is 9.21 Å². The van der Waals surface area contributed by atoms with Gasteiger partial charge in [0.15, 0.2) is 0 Å². The van der Waals surface area contributed by atoms with E-state index in [1.54, 1.807) is 0 Å². The highest BCUT2D eigenvalue weighted by Gasteiger charge is 2.37. The van der Waals surface area contributed by atoms with Crippen molar-refractivity contribution < 1.29 is 27.5 Å². The van der Waals surface area contributed by atoms with Gasteiger partial charge in [0.25, 0.3) is 10.0 Å². The lowest BCUT2D eigenvalue weighted by molar-refractivity contribution is -0.138. The quantitative estimate of drug-likeness (QED) is 0.787. The molecule has 0 spiro atoms. The van der Waals surface area contributed by atoms with E-state index < -0.39 is 21.8 Å². The molecule has 1 aromatic heterocycles. The molecule has 27 heavy (non-hydrogen) atoms. The lowest BCUT2D eigenvalue weighted by Crippen LogP contribution is -2.47. The first-order valence-corrected chi connectivity index (χ1v) is 10.9. The van der Waals surface area contributed by atoms with Gasteiger partial charge >= 0.3 is 5.97 Å². The first-order valence-electron chi connectivity index (χ1n) is 9.48. The smallest absolute Gasteiger partial charge is 0.371 e. The van der Waals surface area contributed by atoms with Crippen LogP contribution < -0.4 is 0 Å². The van der Waals surface area contributed by atoms with Crippen LogP contribution in [0.25, 0.3) is 0 Å². The van der Waals surface area contributed by atoms with E-state index in [2.05, 4.69) is 0 Å². The zero-order chi connectivity index (χ0) is 19.6. The van der Waals surface area contributed by atoms with E-state index in [4.69, 9.17) is 9.52 Å². The Balaban J connectivity index is 1.63. The number of carbonyl (C=O) groups is 2. The molecule has 0 unspecified atom stereocenters. The topological polar surface area (TPSA) is 108 Å². The van der Waals surface area contributed by atoms with E-state index >= 15 is 0 Å². The molecule has 0 bridgehead atoms. The summed E-state index contributed by atoms with van der Waals surface area (Å²) < 4.78 is 31.5. The van der Waals surface area contributed by atoms with Crippen LogP contribution in [0.4, 0.5) is 0 Å². The Kier molecular flexibility index (Phi) is 5.90. The number of amides is 1. The molecule has 2 aliphatic rings. The van der Waals surface area contributed by atoms with E-state index in [-0.39, 0.29) is 30.0 Å². The Hall–Kier alpha value is -1.87. The zero-order valence-corrected chi connectivity index (χ0v) is 16.3. The molecule has 1 saturated carbocycles. The Morgan fingerprint density at radius 2 is 1.81 bits per heavy atom. The second kappa shape index (κ2) is 8.02. The van der Waals surface area contributed by atoms with Crippen LogP contribution in [0.15, 0.2) is 21.6 Å². The monoisotopic (exact) mass is 398 g/mol. The number of carboxylic acid groups (broad SMARTS) is 1. The zero-order valence-electron chi connectivity index (χ0n) is 15.5. The molecule has 1 aliphatic carbocycles. The maximum absolute atomic E-state index is 12.9. The summed E-state index contributed by atoms with van der Waals surface area (Å²) in [7, 11) is -3.89. The van der Waals surface area contributed by atoms with Gasteiger partial charge in [0.05, 0.1) is 0 Å². The van der Waals surface area contributed by atoms with Crippen molar-refractivity contribution in [3.8, 4) is 0 Å². The largest absolute Gasteiger partial charge is 0.475 e. The molecular weight excluding hydrogens is 372 g/mol. The average molecular weight is 398 g/mol. The lowest BCUT2D eigenvalue weighted by atomic mass is 9.95. The minimum Gasteiger partial charge on any atom is -0.475 e. The van der Waals surface area contributed by atoms with Crippen molar-refractivity contribution >= 4 is 21.9 Å². The number of piperidine rings is 1. The molecule has 3 rings (SSSR count). The van der Waals surface area contributed by atoms with Crippen LogP contribution in [0.1, 0.15) is 56.0 Å². The Morgan fingerprint density at radius 1 is 1.19 bits per heavy atom. The maximum Gasteiger partial charge on any atom is 0.371 e. The second-order valence-corrected chi connectivity index (χ2v) is 9.03. The number of carbonyl (C=O) groups excluding carboxylic acids is 1. The lowest BCUT2D eigenvalue weighted by Gasteiger charge is -2.35. The molecule has 1 amide bonds. The molecule has 9 heteroatoms. The number of hydrogen-bond acceptors (Lipinski definition) is 5. The van der Waals surface area contributed by atoms with Gasteiger partial charge in [0.1, 0.15) is 0 Å². The third-order valence-corrected chi connectivity index (χ3v) is 7.35. The van der Waals surface area contributed by atoms with Crippen molar-refractivity contribution in [3.63, 3.8) is 0 Å². The van der Waals surface area contributed by atoms with Gasteiger partial charge in [0, 0.05) is 31.6 Å². The minimum absolute atomic E-state index is 0.132. The van der Waals surface area contributed by atoms with Gasteiger partial charge in [0.2, 0.25) is 16.8 Å². The third kappa shape index (κ3) is 4.03. The predicted molar refractivity (Wildman–Crippen MR) is 96.8 cm³/mol. The second-order valence-electron chi connectivity index (χ2n) is 7.16. The standard InChI is InChI=1S/C18H26N2O6S/c1-2-20(14-5-3-4-6-14)17(21)13-9-11-19(12-10-13)27(24,25)16-8-7-15(26-16)18(22)23/h7-8,13-14H,2-6,9-12H2,1H3,(H,22,23). The Morgan fingerprint density at radius 3 is 2.33 bits per heavy atom. The molecular formula is C18H26N2O6S. The van der Waals surface area contributed by atoms with Crippen LogP contribution >= 0.6 is 0 Å². The van der Waals surface area contributed by atoms with Gasteiger partial charge in [-0.1, -0.05) is 12.8 Å². The van der Waals surface area contributed by atoms with Gasteiger partial charge in [-0.2, -0.15) is 4.31 Å². The SMILES string of the molecule is CCN(C(=O)C1CCN(S(=O)(=O)c2ccc(C(=O)O)o2)CC1)C1CCCC1. The predicted octanol–water partition coefficient (Wildman–Crippen LogP) is 2.17. The molecule has 1 aromatic rings. The van der Waals surface area contributed by atoms with Crippen LogP contribution in [0, 0.1) is 5.92 Å². The summed E-state index contributed by atoms with van der Waals surface area (Å²) in [6.45, 7) is 3.13. The van der Waals surface area contributed by atoms with Crippen LogP contribution in [0.5, 0.6) is 0 Å². The summed E-state index contributed by atoms with van der Waals surface area (Å²) in [5.41, 5.74) is 0. The minimum atomic E-state index is -3.89. The van der Waals surface area contributed by atoms with Crippen molar-refractivity contribution in [2.75, 3.05) is 19.6 Å². The third-order valence-electron chi connectivity index (χ3n) is 5.58. The summed E-state index contributed by atoms with van der Waals surface area (Å²) in [4.78, 5) is 25.8. The molecule has 2 heterocycles. The average Bonchev–Trinajstić information content (AvgIpc) is 3.35. The van der Waals surface area contributed by atoms with E-state index in [0.29, 0.717) is 25.4 Å². The van der Waals surface area contributed by atoms with E-state index in [0.717, 1.165) is 37.8 Å². The maximum atomic E-state index is 12.9. The van der Waals surface area contributed by atoms with Crippen molar-refractivity contribution in [2.24, 2.45) is 5.92 Å². The van der Waals surface area contributed by atoms with E-state index in [1.807, 2.05) is 11.8 Å². The summed E-state index contributed by atoms with van der Waals surface area (Å²) in [6.07, 6.45) is 5.36. The Bertz CT molecular complexity index is 789. The fourth-order valence-corrected chi connectivity index (χ4v) is 5.47. The summed E-state index contributed by atoms with van der Waals surface area (Å²) in [5, 5.41) is 8.52.